The highest BCUT2D eigenvalue weighted by atomic mass is 32.2. The summed E-state index contributed by atoms with van der Waals surface area (Å²) >= 11 is 2.64. The number of pyridine rings is 1. The minimum Gasteiger partial charge on any atom is -0.282 e. The average Bonchev–Trinajstić information content (AvgIpc) is 3.58. The number of sulfonamides is 1. The number of aromatic nitrogens is 2. The maximum absolute atomic E-state index is 14.1. The lowest BCUT2D eigenvalue weighted by molar-refractivity contribution is -0.123. The summed E-state index contributed by atoms with van der Waals surface area (Å²) in [5.41, 5.74) is 2.90. The lowest BCUT2D eigenvalue weighted by Gasteiger charge is -2.35. The Labute approximate surface area is 213 Å². The fraction of sp³-hybridized carbons (Fsp3) is 0.320. The van der Waals surface area contributed by atoms with Gasteiger partial charge in [-0.3, -0.25) is 14.7 Å². The van der Waals surface area contributed by atoms with Gasteiger partial charge in [-0.25, -0.2) is 13.4 Å². The van der Waals surface area contributed by atoms with E-state index in [-0.39, 0.29) is 16.7 Å². The molecule has 0 saturated carbocycles. The smallest absolute Gasteiger partial charge is 0.253 e. The number of hydrogen-bond donors (Lipinski definition) is 0. The van der Waals surface area contributed by atoms with E-state index in [0.29, 0.717) is 18.1 Å². The van der Waals surface area contributed by atoms with Crippen LogP contribution in [-0.2, 0) is 27.8 Å². The van der Waals surface area contributed by atoms with Gasteiger partial charge in [-0.2, -0.15) is 4.31 Å². The van der Waals surface area contributed by atoms with E-state index in [2.05, 4.69) is 24.0 Å². The Kier molecular flexibility index (Phi) is 6.97. The van der Waals surface area contributed by atoms with Crippen molar-refractivity contribution in [1.82, 2.24) is 14.3 Å². The Morgan fingerprint density at radius 1 is 1.17 bits per heavy atom. The Morgan fingerprint density at radius 3 is 2.80 bits per heavy atom. The maximum Gasteiger partial charge on any atom is 0.253 e. The second-order valence-corrected chi connectivity index (χ2v) is 12.6. The molecule has 1 unspecified atom stereocenters. The second-order valence-electron chi connectivity index (χ2n) is 8.50. The first-order valence-electron chi connectivity index (χ1n) is 11.6. The molecule has 1 fully saturated rings. The minimum atomic E-state index is -3.76. The number of carbonyl (C=O) groups excluding carboxylic acids is 1. The van der Waals surface area contributed by atoms with Crippen LogP contribution < -0.4 is 4.90 Å². The Hall–Kier alpha value is -2.66. The average molecular weight is 527 g/mol. The molecule has 4 aromatic rings. The summed E-state index contributed by atoms with van der Waals surface area (Å²) in [6.45, 7) is 2.71. The molecule has 0 bridgehead atoms. The van der Waals surface area contributed by atoms with Crippen LogP contribution >= 0.6 is 22.7 Å². The molecule has 10 heteroatoms. The minimum absolute atomic E-state index is 0.247. The molecular formula is C25H26N4O3S3. The molecule has 1 amide bonds. The Balaban J connectivity index is 1.54. The topological polar surface area (TPSA) is 83.5 Å². The molecule has 5 rings (SSSR count). The van der Waals surface area contributed by atoms with Gasteiger partial charge in [-0.1, -0.05) is 42.9 Å². The van der Waals surface area contributed by atoms with Gasteiger partial charge in [0.2, 0.25) is 5.91 Å². The SMILES string of the molecule is CCc1ccc2nc(N(Cc3cccnc3)C(=O)C3CCCCN3S(=O)(=O)c3cccs3)sc2c1. The number of piperidine rings is 1. The van der Waals surface area contributed by atoms with Crippen molar-refractivity contribution < 1.29 is 13.2 Å². The number of anilines is 1. The zero-order chi connectivity index (χ0) is 24.4. The molecule has 3 aromatic heterocycles. The number of fused-ring (bicyclic) bond motifs is 1. The van der Waals surface area contributed by atoms with Crippen LogP contribution in [-0.4, -0.2) is 41.2 Å². The van der Waals surface area contributed by atoms with Gasteiger partial charge < -0.3 is 0 Å². The zero-order valence-corrected chi connectivity index (χ0v) is 21.8. The van der Waals surface area contributed by atoms with Crippen molar-refractivity contribution in [2.24, 2.45) is 0 Å². The van der Waals surface area contributed by atoms with Crippen LogP contribution in [0.4, 0.5) is 5.13 Å². The lowest BCUT2D eigenvalue weighted by Crippen LogP contribution is -2.52. The molecule has 0 radical (unpaired) electrons. The summed E-state index contributed by atoms with van der Waals surface area (Å²) in [5.74, 6) is -0.247. The van der Waals surface area contributed by atoms with E-state index in [9.17, 15) is 13.2 Å². The van der Waals surface area contributed by atoms with Crippen LogP contribution in [0.1, 0.15) is 37.3 Å². The van der Waals surface area contributed by atoms with Gasteiger partial charge in [-0.15, -0.1) is 11.3 Å². The van der Waals surface area contributed by atoms with E-state index >= 15 is 0 Å². The van der Waals surface area contributed by atoms with Gasteiger partial charge in [0.25, 0.3) is 10.0 Å². The molecule has 1 aliphatic rings. The van der Waals surface area contributed by atoms with Crippen molar-refractivity contribution in [2.45, 2.75) is 49.4 Å². The van der Waals surface area contributed by atoms with Crippen LogP contribution in [0.25, 0.3) is 10.2 Å². The van der Waals surface area contributed by atoms with E-state index in [1.807, 2.05) is 18.2 Å². The van der Waals surface area contributed by atoms with Gasteiger partial charge in [-0.05, 0) is 60.0 Å². The number of rotatable bonds is 7. The quantitative estimate of drug-likeness (QED) is 0.335. The van der Waals surface area contributed by atoms with E-state index in [1.54, 1.807) is 34.8 Å². The summed E-state index contributed by atoms with van der Waals surface area (Å²) < 4.78 is 29.5. The van der Waals surface area contributed by atoms with Gasteiger partial charge in [0, 0.05) is 18.9 Å². The van der Waals surface area contributed by atoms with Crippen molar-refractivity contribution in [3.63, 3.8) is 0 Å². The maximum atomic E-state index is 14.1. The molecule has 182 valence electrons. The monoisotopic (exact) mass is 526 g/mol. The molecule has 7 nitrogen and oxygen atoms in total. The number of hydrogen-bond acceptors (Lipinski definition) is 7. The zero-order valence-electron chi connectivity index (χ0n) is 19.3. The van der Waals surface area contributed by atoms with E-state index in [0.717, 1.165) is 35.0 Å². The Bertz CT molecular complexity index is 1420. The molecule has 0 aliphatic carbocycles. The number of carbonyl (C=O) groups is 1. The number of nitrogens with zero attached hydrogens (tertiary/aromatic N) is 4. The molecule has 35 heavy (non-hydrogen) atoms. The van der Waals surface area contributed by atoms with Crippen molar-refractivity contribution >= 4 is 54.0 Å². The van der Waals surface area contributed by atoms with Crippen molar-refractivity contribution in [3.8, 4) is 0 Å². The lowest BCUT2D eigenvalue weighted by atomic mass is 10.0. The highest BCUT2D eigenvalue weighted by Gasteiger charge is 2.40. The molecule has 0 N–H and O–H groups in total. The van der Waals surface area contributed by atoms with Crippen LogP contribution in [0.3, 0.4) is 0 Å². The normalized spacial score (nSPS) is 17.0. The number of thiazole rings is 1. The van der Waals surface area contributed by atoms with Crippen LogP contribution in [0.15, 0.2) is 64.4 Å². The summed E-state index contributed by atoms with van der Waals surface area (Å²) in [7, 11) is -3.76. The van der Waals surface area contributed by atoms with Gasteiger partial charge in [0.15, 0.2) is 5.13 Å². The van der Waals surface area contributed by atoms with Gasteiger partial charge in [0.1, 0.15) is 10.3 Å². The first-order valence-corrected chi connectivity index (χ1v) is 14.8. The molecule has 1 saturated heterocycles. The first-order chi connectivity index (χ1) is 17.0. The van der Waals surface area contributed by atoms with Crippen LogP contribution in [0.2, 0.25) is 0 Å². The van der Waals surface area contributed by atoms with Crippen molar-refractivity contribution in [3.05, 3.63) is 71.4 Å². The summed E-state index contributed by atoms with van der Waals surface area (Å²) in [4.78, 5) is 24.7. The summed E-state index contributed by atoms with van der Waals surface area (Å²) in [5, 5.41) is 2.31. The Morgan fingerprint density at radius 2 is 2.06 bits per heavy atom. The standard InChI is InChI=1S/C25H26N4O3S3/c1-2-18-10-11-20-22(15-18)34-25(27-20)28(17-19-7-5-12-26-16-19)24(30)21-8-3-4-13-29(21)35(31,32)23-9-6-14-33-23/h5-7,9-12,14-16,21H,2-4,8,13,17H2,1H3. The third-order valence-electron chi connectivity index (χ3n) is 6.21. The third kappa shape index (κ3) is 4.88. The van der Waals surface area contributed by atoms with E-state index in [1.165, 1.54) is 32.5 Å². The second kappa shape index (κ2) is 10.1. The van der Waals surface area contributed by atoms with Crippen molar-refractivity contribution in [2.75, 3.05) is 11.4 Å². The largest absolute Gasteiger partial charge is 0.282 e. The fourth-order valence-corrected chi connectivity index (χ4v) is 8.16. The fourth-order valence-electron chi connectivity index (χ4n) is 4.35. The molecule has 1 atom stereocenters. The number of aryl methyl sites for hydroxylation is 1. The molecule has 1 aromatic carbocycles. The first kappa shape index (κ1) is 24.1. The number of thiophene rings is 1. The van der Waals surface area contributed by atoms with Gasteiger partial charge >= 0.3 is 0 Å². The van der Waals surface area contributed by atoms with Crippen LogP contribution in [0.5, 0.6) is 0 Å². The third-order valence-corrected chi connectivity index (χ3v) is 10.5. The predicted octanol–water partition coefficient (Wildman–Crippen LogP) is 5.09. The van der Waals surface area contributed by atoms with Crippen LogP contribution in [0, 0.1) is 0 Å². The molecule has 4 heterocycles. The predicted molar refractivity (Wildman–Crippen MR) is 140 cm³/mol. The summed E-state index contributed by atoms with van der Waals surface area (Å²) in [6, 6.07) is 12.4. The summed E-state index contributed by atoms with van der Waals surface area (Å²) in [6.07, 6.45) is 6.35. The number of amides is 1. The van der Waals surface area contributed by atoms with Crippen molar-refractivity contribution in [1.29, 1.82) is 0 Å². The molecule has 0 spiro atoms. The number of benzene rings is 1. The highest BCUT2D eigenvalue weighted by molar-refractivity contribution is 7.91. The molecular weight excluding hydrogens is 501 g/mol. The molecule has 1 aliphatic heterocycles. The highest BCUT2D eigenvalue weighted by Crippen LogP contribution is 2.34. The van der Waals surface area contributed by atoms with E-state index in [4.69, 9.17) is 4.98 Å². The van der Waals surface area contributed by atoms with Gasteiger partial charge in [0.05, 0.1) is 16.8 Å². The van der Waals surface area contributed by atoms with E-state index < -0.39 is 16.1 Å².